The molecular formula is C44H56IrNO3S-. The number of aliphatic hydroxyl groups is 1. The molecule has 0 aliphatic rings. The van der Waals surface area contributed by atoms with Crippen molar-refractivity contribution in [3.8, 4) is 21.9 Å². The third-order valence-corrected chi connectivity index (χ3v) is 10.7. The Bertz CT molecular complexity index is 1910. The smallest absolute Gasteiger partial charge is 0.162 e. The molecule has 0 saturated heterocycles. The van der Waals surface area contributed by atoms with Crippen LogP contribution in [0.5, 0.6) is 0 Å². The van der Waals surface area contributed by atoms with E-state index >= 15 is 0 Å². The van der Waals surface area contributed by atoms with E-state index in [4.69, 9.17) is 9.40 Å². The van der Waals surface area contributed by atoms with Gasteiger partial charge in [-0.2, -0.15) is 0 Å². The first kappa shape index (κ1) is 41.4. The average Bonchev–Trinajstić information content (AvgIpc) is 3.64. The van der Waals surface area contributed by atoms with Crippen LogP contribution in [0.4, 0.5) is 0 Å². The molecule has 4 nitrogen and oxygen atoms in total. The summed E-state index contributed by atoms with van der Waals surface area (Å²) < 4.78 is 7.50. The normalized spacial score (nSPS) is 12.4. The molecule has 3 heterocycles. The second kappa shape index (κ2) is 17.4. The molecule has 1 radical (unpaired) electrons. The van der Waals surface area contributed by atoms with E-state index in [-0.39, 0.29) is 54.3 Å². The van der Waals surface area contributed by atoms with Crippen LogP contribution >= 0.6 is 11.3 Å². The molecule has 0 saturated carbocycles. The van der Waals surface area contributed by atoms with Gasteiger partial charge in [0, 0.05) is 61.0 Å². The van der Waals surface area contributed by atoms with Gasteiger partial charge in [-0.15, -0.1) is 40.5 Å². The fraction of sp³-hybridized carbons (Fsp3) is 0.455. The first-order chi connectivity index (χ1) is 23.1. The van der Waals surface area contributed by atoms with E-state index in [1.165, 1.54) is 37.6 Å². The number of aromatic nitrogens is 1. The van der Waals surface area contributed by atoms with Crippen LogP contribution in [0.2, 0.25) is 0 Å². The van der Waals surface area contributed by atoms with E-state index in [1.807, 2.05) is 33.9 Å². The number of hydrogen-bond donors (Lipinski definition) is 1. The van der Waals surface area contributed by atoms with Gasteiger partial charge in [0.15, 0.2) is 5.78 Å². The molecular weight excluding hydrogens is 815 g/mol. The second-order valence-electron chi connectivity index (χ2n) is 15.5. The standard InChI is InChI=1S/C31H32NOS.C13H24O2.Ir/c1-19-23-14-15-32-27(21-16-20-10-8-9-11-24(20)25(17-21)31(5,6)7)29(23)34-28(19)26-13-12-22(33-26)18-30(2,3)4;1-5-10(6-2)12(14)9-13(15)11(7-3)8-4;/h8-15,17H,18H2,1-7H3;9-11,14H,5-8H2,1-4H3;/q-1;;/b;12-9-;. The number of allylic oxidation sites excluding steroid dienone is 2. The molecule has 5 rings (SSSR count). The number of benzene rings is 2. The summed E-state index contributed by atoms with van der Waals surface area (Å²) in [6.07, 6.45) is 7.75. The van der Waals surface area contributed by atoms with Crippen molar-refractivity contribution >= 4 is 38.0 Å². The summed E-state index contributed by atoms with van der Waals surface area (Å²) >= 11 is 1.77. The number of aryl methyl sites for hydroxylation is 1. The van der Waals surface area contributed by atoms with Crippen LogP contribution in [0.25, 0.3) is 42.8 Å². The van der Waals surface area contributed by atoms with Gasteiger partial charge in [-0.05, 0) is 72.6 Å². The predicted molar refractivity (Wildman–Crippen MR) is 210 cm³/mol. The Morgan fingerprint density at radius 1 is 0.920 bits per heavy atom. The topological polar surface area (TPSA) is 63.3 Å². The summed E-state index contributed by atoms with van der Waals surface area (Å²) in [5, 5.41) is 13.4. The van der Waals surface area contributed by atoms with E-state index in [9.17, 15) is 9.90 Å². The van der Waals surface area contributed by atoms with Crippen molar-refractivity contribution in [3.63, 3.8) is 0 Å². The van der Waals surface area contributed by atoms with E-state index in [0.717, 1.165) is 60.3 Å². The van der Waals surface area contributed by atoms with Gasteiger partial charge < -0.3 is 9.52 Å². The van der Waals surface area contributed by atoms with Crippen molar-refractivity contribution in [1.29, 1.82) is 0 Å². The number of fused-ring (bicyclic) bond motifs is 2. The van der Waals surface area contributed by atoms with Crippen LogP contribution in [0, 0.1) is 30.2 Å². The largest absolute Gasteiger partial charge is 0.512 e. The summed E-state index contributed by atoms with van der Waals surface area (Å²) in [6, 6.07) is 20.9. The maximum Gasteiger partial charge on any atom is 0.162 e. The summed E-state index contributed by atoms with van der Waals surface area (Å²) in [5.41, 5.74) is 4.83. The number of rotatable bonds is 10. The molecule has 0 aliphatic carbocycles. The third kappa shape index (κ3) is 9.84. The van der Waals surface area contributed by atoms with Crippen LogP contribution in [0.3, 0.4) is 0 Å². The van der Waals surface area contributed by atoms with Gasteiger partial charge >= 0.3 is 0 Å². The minimum absolute atomic E-state index is 0. The fourth-order valence-corrected chi connectivity index (χ4v) is 7.72. The van der Waals surface area contributed by atoms with Gasteiger partial charge in [0.25, 0.3) is 0 Å². The molecule has 3 aromatic heterocycles. The summed E-state index contributed by atoms with van der Waals surface area (Å²) in [4.78, 5) is 17.8. The molecule has 50 heavy (non-hydrogen) atoms. The van der Waals surface area contributed by atoms with Crippen LogP contribution in [-0.4, -0.2) is 15.9 Å². The van der Waals surface area contributed by atoms with Gasteiger partial charge in [-0.1, -0.05) is 98.4 Å². The monoisotopic (exact) mass is 871 g/mol. The Labute approximate surface area is 318 Å². The van der Waals surface area contributed by atoms with Crippen LogP contribution in [0.1, 0.15) is 112 Å². The van der Waals surface area contributed by atoms with Crippen molar-refractivity contribution in [1.82, 2.24) is 4.98 Å². The van der Waals surface area contributed by atoms with E-state index < -0.39 is 0 Å². The number of thiophene rings is 1. The number of pyridine rings is 1. The Morgan fingerprint density at radius 2 is 1.56 bits per heavy atom. The molecule has 1 N–H and O–H groups in total. The average molecular weight is 871 g/mol. The molecule has 0 spiro atoms. The van der Waals surface area contributed by atoms with Gasteiger partial charge in [0.2, 0.25) is 0 Å². The molecule has 0 amide bonds. The predicted octanol–water partition coefficient (Wildman–Crippen LogP) is 13.2. The number of nitrogens with zero attached hydrogens (tertiary/aromatic N) is 1. The van der Waals surface area contributed by atoms with Gasteiger partial charge in [-0.25, -0.2) is 0 Å². The number of carbonyl (C=O) groups excluding carboxylic acids is 1. The minimum atomic E-state index is 0. The number of aliphatic hydroxyl groups excluding tert-OH is 1. The zero-order valence-corrected chi connectivity index (χ0v) is 35.1. The number of furan rings is 1. The van der Waals surface area contributed by atoms with Crippen molar-refractivity contribution in [3.05, 3.63) is 89.5 Å². The Balaban J connectivity index is 0.000000361. The third-order valence-electron chi connectivity index (χ3n) is 9.36. The van der Waals surface area contributed by atoms with Crippen molar-refractivity contribution in [2.24, 2.45) is 17.3 Å². The van der Waals surface area contributed by atoms with E-state index in [1.54, 1.807) is 11.3 Å². The molecule has 0 atom stereocenters. The van der Waals surface area contributed by atoms with Gasteiger partial charge in [0.1, 0.15) is 11.5 Å². The molecule has 5 aromatic rings. The molecule has 0 aliphatic heterocycles. The minimum Gasteiger partial charge on any atom is -0.512 e. The number of carbonyl (C=O) groups is 1. The molecule has 0 unspecified atom stereocenters. The molecule has 271 valence electrons. The summed E-state index contributed by atoms with van der Waals surface area (Å²) in [6.45, 7) is 23.8. The SMILES string of the molecule is CCC(CC)C(=O)/C=C(\O)C(CC)CC.Cc1c(-c2ccc(CC(C)(C)C)o2)sc2c(-c3[c-]c4ccccc4c(C(C)(C)C)c3)nccc12.[Ir]. The maximum absolute atomic E-state index is 11.7. The van der Waals surface area contributed by atoms with Gasteiger partial charge in [0.05, 0.1) is 10.6 Å². The van der Waals surface area contributed by atoms with Crippen LogP contribution in [0.15, 0.2) is 71.0 Å². The van der Waals surface area contributed by atoms with Crippen molar-refractivity contribution < 1.29 is 34.4 Å². The Hall–Kier alpha value is -3.05. The quantitative estimate of drug-likeness (QED) is 0.0863. The zero-order valence-electron chi connectivity index (χ0n) is 31.9. The first-order valence-electron chi connectivity index (χ1n) is 18.0. The van der Waals surface area contributed by atoms with Crippen molar-refractivity contribution in [2.75, 3.05) is 0 Å². The summed E-state index contributed by atoms with van der Waals surface area (Å²) in [7, 11) is 0. The van der Waals surface area contributed by atoms with E-state index in [0.29, 0.717) is 0 Å². The van der Waals surface area contributed by atoms with E-state index in [2.05, 4.69) is 103 Å². The maximum atomic E-state index is 11.7. The molecule has 2 aromatic carbocycles. The van der Waals surface area contributed by atoms with Gasteiger partial charge in [-0.3, -0.25) is 9.78 Å². The zero-order chi connectivity index (χ0) is 36.1. The van der Waals surface area contributed by atoms with Crippen LogP contribution in [-0.2, 0) is 36.7 Å². The first-order valence-corrected chi connectivity index (χ1v) is 18.8. The fourth-order valence-electron chi connectivity index (χ4n) is 6.45. The van der Waals surface area contributed by atoms with Crippen molar-refractivity contribution in [2.45, 2.75) is 114 Å². The molecule has 0 fully saturated rings. The molecule has 0 bridgehead atoms. The summed E-state index contributed by atoms with van der Waals surface area (Å²) in [5.74, 6) is 2.53. The second-order valence-corrected chi connectivity index (χ2v) is 16.5. The Morgan fingerprint density at radius 3 is 2.16 bits per heavy atom. The van der Waals surface area contributed by atoms with Crippen LogP contribution < -0.4 is 0 Å². The number of ketones is 1. The number of hydrogen-bond acceptors (Lipinski definition) is 5. The molecule has 6 heteroatoms. The Kier molecular flexibility index (Phi) is 14.4.